The van der Waals surface area contributed by atoms with Crippen molar-refractivity contribution in [3.05, 3.63) is 18.7 Å². The second-order valence-corrected chi connectivity index (χ2v) is 3.42. The van der Waals surface area contributed by atoms with Crippen LogP contribution in [0, 0.1) is 0 Å². The van der Waals surface area contributed by atoms with Crippen molar-refractivity contribution >= 4 is 0 Å². The van der Waals surface area contributed by atoms with Crippen LogP contribution in [0.4, 0.5) is 0 Å². The summed E-state index contributed by atoms with van der Waals surface area (Å²) in [5, 5.41) is 12.3. The Bertz CT molecular complexity index is 223. The average Bonchev–Trinajstić information content (AvgIpc) is 2.67. The van der Waals surface area contributed by atoms with Crippen LogP contribution in [0.25, 0.3) is 0 Å². The zero-order chi connectivity index (χ0) is 10.2. The first-order chi connectivity index (χ1) is 6.86. The lowest BCUT2D eigenvalue weighted by atomic mass is 10.2. The van der Waals surface area contributed by atoms with E-state index in [1.807, 2.05) is 10.8 Å². The largest absolute Gasteiger partial charge is 0.396 e. The molecule has 0 spiro atoms. The molecule has 4 nitrogen and oxygen atoms in total. The van der Waals surface area contributed by atoms with E-state index in [1.165, 1.54) is 0 Å². The molecule has 0 aliphatic rings. The second kappa shape index (κ2) is 6.56. The predicted molar refractivity (Wildman–Crippen MR) is 56.0 cm³/mol. The van der Waals surface area contributed by atoms with Gasteiger partial charge in [0.15, 0.2) is 0 Å². The van der Waals surface area contributed by atoms with Crippen LogP contribution in [0.2, 0.25) is 0 Å². The number of aliphatic hydroxyl groups excluding tert-OH is 1. The van der Waals surface area contributed by atoms with E-state index in [1.54, 1.807) is 12.5 Å². The van der Waals surface area contributed by atoms with Crippen LogP contribution in [0.15, 0.2) is 18.7 Å². The van der Waals surface area contributed by atoms with Gasteiger partial charge in [-0.2, -0.15) is 0 Å². The Hall–Kier alpha value is -0.870. The van der Waals surface area contributed by atoms with Gasteiger partial charge in [-0.3, -0.25) is 0 Å². The molecular weight excluding hydrogens is 178 g/mol. The first-order valence-corrected chi connectivity index (χ1v) is 5.16. The van der Waals surface area contributed by atoms with E-state index < -0.39 is 0 Å². The van der Waals surface area contributed by atoms with Crippen molar-refractivity contribution in [2.75, 3.05) is 13.2 Å². The Morgan fingerprint density at radius 3 is 3.00 bits per heavy atom. The summed E-state index contributed by atoms with van der Waals surface area (Å²) in [6.45, 7) is 4.25. The van der Waals surface area contributed by atoms with Gasteiger partial charge < -0.3 is 15.0 Å². The number of nitrogens with zero attached hydrogens (tertiary/aromatic N) is 2. The van der Waals surface area contributed by atoms with Crippen molar-refractivity contribution in [1.29, 1.82) is 0 Å². The number of aromatic nitrogens is 2. The predicted octanol–water partition coefficient (Wildman–Crippen LogP) is 0.634. The van der Waals surface area contributed by atoms with Gasteiger partial charge in [0.1, 0.15) is 0 Å². The van der Waals surface area contributed by atoms with E-state index in [2.05, 4.69) is 17.2 Å². The van der Waals surface area contributed by atoms with Crippen molar-refractivity contribution in [3.8, 4) is 0 Å². The fraction of sp³-hybridized carbons (Fsp3) is 0.700. The smallest absolute Gasteiger partial charge is 0.0946 e. The summed E-state index contributed by atoms with van der Waals surface area (Å²) in [7, 11) is 0. The lowest BCUT2D eigenvalue weighted by molar-refractivity contribution is 0.256. The van der Waals surface area contributed by atoms with Crippen molar-refractivity contribution in [2.45, 2.75) is 32.4 Å². The zero-order valence-corrected chi connectivity index (χ0v) is 8.69. The highest BCUT2D eigenvalue weighted by atomic mass is 16.3. The van der Waals surface area contributed by atoms with E-state index >= 15 is 0 Å². The third-order valence-corrected chi connectivity index (χ3v) is 2.15. The molecular formula is C10H19N3O. The topological polar surface area (TPSA) is 50.1 Å². The number of rotatable bonds is 7. The third kappa shape index (κ3) is 3.89. The van der Waals surface area contributed by atoms with Gasteiger partial charge in [0.2, 0.25) is 0 Å². The maximum absolute atomic E-state index is 8.90. The van der Waals surface area contributed by atoms with Gasteiger partial charge in [-0.1, -0.05) is 6.92 Å². The van der Waals surface area contributed by atoms with Crippen LogP contribution < -0.4 is 5.32 Å². The number of hydrogen-bond donors (Lipinski definition) is 2. The summed E-state index contributed by atoms with van der Waals surface area (Å²) in [4.78, 5) is 3.99. The number of nitrogens with one attached hydrogen (secondary N) is 1. The Kier molecular flexibility index (Phi) is 5.25. The number of aliphatic hydroxyl groups is 1. The molecule has 0 amide bonds. The van der Waals surface area contributed by atoms with Gasteiger partial charge in [-0.25, -0.2) is 4.98 Å². The first kappa shape index (κ1) is 11.2. The van der Waals surface area contributed by atoms with Crippen LogP contribution >= 0.6 is 0 Å². The van der Waals surface area contributed by atoms with Crippen LogP contribution in [0.5, 0.6) is 0 Å². The van der Waals surface area contributed by atoms with Gasteiger partial charge in [0.25, 0.3) is 0 Å². The molecule has 1 heterocycles. The standard InChI is InChI=1S/C10H19N3O/c1-2-4-12-10(3-7-14)8-13-6-5-11-9-13/h5-6,9-10,12,14H,2-4,7-8H2,1H3. The molecule has 0 aromatic carbocycles. The Labute approximate surface area is 85.0 Å². The lowest BCUT2D eigenvalue weighted by Crippen LogP contribution is -2.34. The van der Waals surface area contributed by atoms with E-state index in [9.17, 15) is 0 Å². The molecule has 4 heteroatoms. The minimum atomic E-state index is 0.232. The fourth-order valence-electron chi connectivity index (χ4n) is 1.41. The molecule has 80 valence electrons. The van der Waals surface area contributed by atoms with Gasteiger partial charge in [-0.05, 0) is 19.4 Å². The molecule has 1 aromatic heterocycles. The average molecular weight is 197 g/mol. The van der Waals surface area contributed by atoms with Crippen molar-refractivity contribution in [1.82, 2.24) is 14.9 Å². The van der Waals surface area contributed by atoms with Crippen molar-refractivity contribution < 1.29 is 5.11 Å². The Morgan fingerprint density at radius 1 is 1.57 bits per heavy atom. The van der Waals surface area contributed by atoms with E-state index in [4.69, 9.17) is 5.11 Å². The molecule has 0 radical (unpaired) electrons. The molecule has 1 atom stereocenters. The molecule has 0 saturated carbocycles. The van der Waals surface area contributed by atoms with E-state index in [0.717, 1.165) is 25.9 Å². The summed E-state index contributed by atoms with van der Waals surface area (Å²) < 4.78 is 2.03. The first-order valence-electron chi connectivity index (χ1n) is 5.16. The summed E-state index contributed by atoms with van der Waals surface area (Å²) in [6.07, 6.45) is 7.43. The quantitative estimate of drug-likeness (QED) is 0.674. The highest BCUT2D eigenvalue weighted by molar-refractivity contribution is 4.77. The molecule has 1 unspecified atom stereocenters. The normalized spacial score (nSPS) is 13.0. The van der Waals surface area contributed by atoms with Crippen molar-refractivity contribution in [2.24, 2.45) is 0 Å². The summed E-state index contributed by atoms with van der Waals surface area (Å²) in [5.41, 5.74) is 0. The summed E-state index contributed by atoms with van der Waals surface area (Å²) in [5.74, 6) is 0. The molecule has 0 aliphatic heterocycles. The molecule has 14 heavy (non-hydrogen) atoms. The number of hydrogen-bond acceptors (Lipinski definition) is 3. The summed E-state index contributed by atoms with van der Waals surface area (Å²) in [6, 6.07) is 0.342. The zero-order valence-electron chi connectivity index (χ0n) is 8.69. The molecule has 0 saturated heterocycles. The third-order valence-electron chi connectivity index (χ3n) is 2.15. The molecule has 0 aliphatic carbocycles. The van der Waals surface area contributed by atoms with Crippen LogP contribution in [0.3, 0.4) is 0 Å². The van der Waals surface area contributed by atoms with Crippen LogP contribution in [0.1, 0.15) is 19.8 Å². The molecule has 1 aromatic rings. The summed E-state index contributed by atoms with van der Waals surface area (Å²) >= 11 is 0. The number of imidazole rings is 1. The highest BCUT2D eigenvalue weighted by Gasteiger charge is 2.06. The van der Waals surface area contributed by atoms with Gasteiger partial charge >= 0.3 is 0 Å². The SMILES string of the molecule is CCCNC(CCO)Cn1ccnc1. The molecule has 2 N–H and O–H groups in total. The Balaban J connectivity index is 2.34. The van der Waals surface area contributed by atoms with E-state index in [-0.39, 0.29) is 6.61 Å². The fourth-order valence-corrected chi connectivity index (χ4v) is 1.41. The minimum Gasteiger partial charge on any atom is -0.396 e. The van der Waals surface area contributed by atoms with Gasteiger partial charge in [0.05, 0.1) is 6.33 Å². The molecule has 1 rings (SSSR count). The highest BCUT2D eigenvalue weighted by Crippen LogP contribution is 1.97. The maximum atomic E-state index is 8.90. The van der Waals surface area contributed by atoms with Crippen LogP contribution in [-0.2, 0) is 6.54 Å². The minimum absolute atomic E-state index is 0.232. The maximum Gasteiger partial charge on any atom is 0.0946 e. The molecule has 0 bridgehead atoms. The lowest BCUT2D eigenvalue weighted by Gasteiger charge is -2.17. The van der Waals surface area contributed by atoms with Crippen molar-refractivity contribution in [3.63, 3.8) is 0 Å². The van der Waals surface area contributed by atoms with Gasteiger partial charge in [-0.15, -0.1) is 0 Å². The molecule has 0 fully saturated rings. The second-order valence-electron chi connectivity index (χ2n) is 3.42. The van der Waals surface area contributed by atoms with Gasteiger partial charge in [0, 0.05) is 31.6 Å². The van der Waals surface area contributed by atoms with Crippen LogP contribution in [-0.4, -0.2) is 33.9 Å². The van der Waals surface area contributed by atoms with E-state index in [0.29, 0.717) is 6.04 Å². The Morgan fingerprint density at radius 2 is 2.43 bits per heavy atom. The monoisotopic (exact) mass is 197 g/mol.